The summed E-state index contributed by atoms with van der Waals surface area (Å²) in [5, 5.41) is 28.0. The number of carbonyl (C=O) groups is 4. The highest BCUT2D eigenvalue weighted by atomic mass is 35.5. The number of phenols is 1. The summed E-state index contributed by atoms with van der Waals surface area (Å²) in [4.78, 5) is 49.3. The monoisotopic (exact) mass is 941 g/mol. The van der Waals surface area contributed by atoms with Gasteiger partial charge in [0, 0.05) is 44.5 Å². The van der Waals surface area contributed by atoms with Crippen LogP contribution >= 0.6 is 11.6 Å². The van der Waals surface area contributed by atoms with Crippen LogP contribution in [0.4, 0.5) is 32.0 Å². The van der Waals surface area contributed by atoms with Crippen molar-refractivity contribution in [3.63, 3.8) is 0 Å². The minimum Gasteiger partial charge on any atom is -0.506 e. The fourth-order valence-electron chi connectivity index (χ4n) is 6.69. The van der Waals surface area contributed by atoms with Crippen molar-refractivity contribution in [2.45, 2.75) is 98.1 Å². The summed E-state index contributed by atoms with van der Waals surface area (Å²) in [5.74, 6) is -2.52. The van der Waals surface area contributed by atoms with E-state index < -0.39 is 58.1 Å². The molecule has 4 N–H and O–H groups in total. The number of hydrogen-bond donors (Lipinski definition) is 4. The van der Waals surface area contributed by atoms with Crippen LogP contribution < -0.4 is 15.4 Å². The topological polar surface area (TPSA) is 172 Å². The molecule has 0 radical (unpaired) electrons. The number of phenolic OH excluding ortho intramolecular Hbond substituents is 1. The molecule has 1 aromatic heterocycles. The quantitative estimate of drug-likeness (QED) is 0.0575. The Balaban J connectivity index is 0.000000317. The Morgan fingerprint density at radius 1 is 0.908 bits per heavy atom. The van der Waals surface area contributed by atoms with Crippen LogP contribution in [0.15, 0.2) is 54.6 Å². The van der Waals surface area contributed by atoms with E-state index >= 15 is 0 Å². The third kappa shape index (κ3) is 13.7. The molecule has 0 spiro atoms. The maximum Gasteiger partial charge on any atom is 0.435 e. The van der Waals surface area contributed by atoms with Crippen LogP contribution in [0.25, 0.3) is 22.4 Å². The number of hydrogen-bond acceptors (Lipinski definition) is 10. The summed E-state index contributed by atoms with van der Waals surface area (Å²) < 4.78 is 91.4. The number of aromatic hydroxyl groups is 1. The minimum atomic E-state index is -4.78. The maximum absolute atomic E-state index is 13.5. The number of benzene rings is 3. The number of aliphatic hydroxyl groups excluding tert-OH is 1. The van der Waals surface area contributed by atoms with Gasteiger partial charge in [-0.15, -0.1) is 0 Å². The molecule has 6 rings (SSSR count). The summed E-state index contributed by atoms with van der Waals surface area (Å²) in [7, 11) is 1.25. The van der Waals surface area contributed by atoms with Gasteiger partial charge in [-0.3, -0.25) is 34.1 Å². The SMILES string of the molecule is CC.CCNc1cccc2c1C(=O)N(C1CCC(=O)NC1=O)C2=O.CCOC(C)C.Cn1nc(C(F)(F)F)cc1-c1ccc(OCCCCCO)c(-c2ccc(Cl)c(C(F)(F)F)c2)c1O. The molecular weight excluding hydrogens is 888 g/mol. The van der Waals surface area contributed by atoms with Crippen molar-refractivity contribution in [1.29, 1.82) is 0 Å². The lowest BCUT2D eigenvalue weighted by atomic mass is 9.97. The number of aryl methyl sites for hydroxylation is 1. The van der Waals surface area contributed by atoms with E-state index in [-0.39, 0.29) is 65.7 Å². The van der Waals surface area contributed by atoms with Crippen LogP contribution in [-0.4, -0.2) is 87.0 Å². The summed E-state index contributed by atoms with van der Waals surface area (Å²) in [6, 6.07) is 10.5. The number of nitrogens with one attached hydrogen (secondary N) is 2. The van der Waals surface area contributed by atoms with Crippen LogP contribution in [-0.2, 0) is 33.7 Å². The lowest BCUT2D eigenvalue weighted by molar-refractivity contribution is -0.141. The van der Waals surface area contributed by atoms with E-state index in [2.05, 4.69) is 15.7 Å². The molecule has 0 bridgehead atoms. The molecule has 1 fully saturated rings. The number of alkyl halides is 6. The Hall–Kier alpha value is -5.66. The van der Waals surface area contributed by atoms with Crippen molar-refractivity contribution in [2.24, 2.45) is 7.05 Å². The van der Waals surface area contributed by atoms with Crippen molar-refractivity contribution in [3.8, 4) is 33.9 Å². The van der Waals surface area contributed by atoms with Gasteiger partial charge in [0.05, 0.1) is 45.7 Å². The van der Waals surface area contributed by atoms with Gasteiger partial charge in [0.1, 0.15) is 17.5 Å². The summed E-state index contributed by atoms with van der Waals surface area (Å²) in [6.45, 7) is 13.5. The largest absolute Gasteiger partial charge is 0.506 e. The van der Waals surface area contributed by atoms with Gasteiger partial charge >= 0.3 is 12.4 Å². The van der Waals surface area contributed by atoms with E-state index in [1.54, 1.807) is 18.2 Å². The van der Waals surface area contributed by atoms with E-state index in [9.17, 15) is 50.6 Å². The minimum absolute atomic E-state index is 0.00363. The number of fused-ring (bicyclic) bond motifs is 1. The Bertz CT molecular complexity index is 2280. The van der Waals surface area contributed by atoms with Gasteiger partial charge in [0.2, 0.25) is 11.8 Å². The van der Waals surface area contributed by atoms with Crippen LogP contribution in [0.3, 0.4) is 0 Å². The van der Waals surface area contributed by atoms with E-state index in [4.69, 9.17) is 26.2 Å². The first-order valence-corrected chi connectivity index (χ1v) is 21.3. The van der Waals surface area contributed by atoms with Crippen molar-refractivity contribution in [3.05, 3.63) is 82.0 Å². The van der Waals surface area contributed by atoms with Crippen LogP contribution in [0.5, 0.6) is 11.5 Å². The van der Waals surface area contributed by atoms with E-state index in [0.717, 1.165) is 34.4 Å². The Morgan fingerprint density at radius 3 is 2.15 bits per heavy atom. The fourth-order valence-corrected chi connectivity index (χ4v) is 6.92. The molecule has 4 aromatic rings. The molecule has 1 saturated heterocycles. The van der Waals surface area contributed by atoms with Gasteiger partial charge in [-0.05, 0) is 101 Å². The summed E-state index contributed by atoms with van der Waals surface area (Å²) in [6.07, 6.45) is -7.16. The molecule has 2 aliphatic rings. The third-order valence-corrected chi connectivity index (χ3v) is 9.87. The first-order chi connectivity index (χ1) is 30.7. The molecule has 20 heteroatoms. The molecule has 13 nitrogen and oxygen atoms in total. The molecule has 356 valence electrons. The van der Waals surface area contributed by atoms with Crippen molar-refractivity contribution >= 4 is 40.9 Å². The standard InChI is InChI=1S/C23H21ClF6N2O3.C15H15N3O4.C5H12O.C2H6/c1-32-17(12-19(31-32)23(28,29)30)14-6-8-18(35-10-4-2-3-9-33)20(21(14)34)13-5-7-16(24)15(11-13)22(25,26)27;1-2-16-9-5-3-4-8-12(9)15(22)18(14(8)21)10-6-7-11(19)17-13(10)20;1-4-6-5(2)3;1-2/h5-8,11-12,33-34H,2-4,9-10H2,1H3;3-5,10,16H,2,6-7H2,1H3,(H,17,19,20);5H,4H2,1-3H3;1-2H3. The summed E-state index contributed by atoms with van der Waals surface area (Å²) in [5.41, 5.74) is -1.59. The fraction of sp³-hybridized carbons (Fsp3) is 0.444. The Morgan fingerprint density at radius 2 is 1.60 bits per heavy atom. The number of piperidine rings is 1. The average Bonchev–Trinajstić information content (AvgIpc) is 3.75. The highest BCUT2D eigenvalue weighted by Gasteiger charge is 2.45. The molecule has 1 unspecified atom stereocenters. The highest BCUT2D eigenvalue weighted by Crippen LogP contribution is 2.47. The van der Waals surface area contributed by atoms with Gasteiger partial charge in [0.15, 0.2) is 5.69 Å². The number of rotatable bonds is 13. The van der Waals surface area contributed by atoms with Crippen LogP contribution in [0, 0.1) is 0 Å². The molecule has 65 heavy (non-hydrogen) atoms. The highest BCUT2D eigenvalue weighted by molar-refractivity contribution is 6.31. The van der Waals surface area contributed by atoms with E-state index in [1.807, 2.05) is 41.5 Å². The number of nitrogens with zero attached hydrogens (tertiary/aromatic N) is 3. The number of aromatic nitrogens is 2. The summed E-state index contributed by atoms with van der Waals surface area (Å²) >= 11 is 5.72. The smallest absolute Gasteiger partial charge is 0.435 e. The zero-order chi connectivity index (χ0) is 48.8. The van der Waals surface area contributed by atoms with E-state index in [1.165, 1.54) is 25.2 Å². The molecular formula is C45H54ClF6N5O8. The number of unbranched alkanes of at least 4 members (excludes halogenated alkanes) is 2. The second-order valence-corrected chi connectivity index (χ2v) is 14.8. The average molecular weight is 942 g/mol. The molecule has 2 aliphatic heterocycles. The van der Waals surface area contributed by atoms with Gasteiger partial charge in [-0.2, -0.15) is 31.4 Å². The maximum atomic E-state index is 13.5. The zero-order valence-corrected chi connectivity index (χ0v) is 37.8. The van der Waals surface area contributed by atoms with Crippen molar-refractivity contribution in [1.82, 2.24) is 20.0 Å². The number of carbonyl (C=O) groups excluding carboxylic acids is 4. The van der Waals surface area contributed by atoms with Crippen molar-refractivity contribution < 1.29 is 65.2 Å². The molecule has 1 atom stereocenters. The lowest BCUT2D eigenvalue weighted by Crippen LogP contribution is -2.54. The number of aliphatic hydroxyl groups is 1. The van der Waals surface area contributed by atoms with Gasteiger partial charge < -0.3 is 25.0 Å². The van der Waals surface area contributed by atoms with Gasteiger partial charge in [0.25, 0.3) is 11.8 Å². The second-order valence-electron chi connectivity index (χ2n) is 14.4. The predicted molar refractivity (Wildman–Crippen MR) is 233 cm³/mol. The van der Waals surface area contributed by atoms with Gasteiger partial charge in [-0.1, -0.05) is 37.6 Å². The molecule has 0 aliphatic carbocycles. The molecule has 3 aromatic carbocycles. The Labute approximate surface area is 378 Å². The lowest BCUT2D eigenvalue weighted by Gasteiger charge is -2.27. The number of ether oxygens (including phenoxy) is 2. The van der Waals surface area contributed by atoms with Crippen molar-refractivity contribution in [2.75, 3.05) is 31.7 Å². The molecule has 0 saturated carbocycles. The number of amides is 4. The third-order valence-electron chi connectivity index (χ3n) is 9.54. The number of halogens is 7. The number of imide groups is 2. The molecule has 3 heterocycles. The second kappa shape index (κ2) is 24.0. The number of anilines is 1. The molecule has 4 amide bonds. The van der Waals surface area contributed by atoms with Crippen LogP contribution in [0.2, 0.25) is 5.02 Å². The first kappa shape index (κ1) is 53.7. The van der Waals surface area contributed by atoms with Gasteiger partial charge in [-0.25, -0.2) is 0 Å². The first-order valence-electron chi connectivity index (χ1n) is 20.9. The van der Waals surface area contributed by atoms with E-state index in [0.29, 0.717) is 43.2 Å². The zero-order valence-electron chi connectivity index (χ0n) is 37.0. The van der Waals surface area contributed by atoms with Crippen LogP contribution in [0.1, 0.15) is 106 Å². The normalized spacial score (nSPS) is 14.7. The Kier molecular flexibility index (Phi) is 19.8. The predicted octanol–water partition coefficient (Wildman–Crippen LogP) is 9.67.